The van der Waals surface area contributed by atoms with Crippen molar-refractivity contribution in [3.05, 3.63) is 29.8 Å². The van der Waals surface area contributed by atoms with E-state index in [-0.39, 0.29) is 6.04 Å². The molecule has 0 heterocycles. The van der Waals surface area contributed by atoms with Gasteiger partial charge in [-0.1, -0.05) is 19.1 Å². The van der Waals surface area contributed by atoms with Crippen molar-refractivity contribution in [2.24, 2.45) is 0 Å². The highest BCUT2D eigenvalue weighted by Crippen LogP contribution is 2.20. The maximum absolute atomic E-state index is 9.01. The molecule has 1 aliphatic rings. The van der Waals surface area contributed by atoms with Gasteiger partial charge >= 0.3 is 0 Å². The van der Waals surface area contributed by atoms with Crippen molar-refractivity contribution in [2.75, 3.05) is 6.61 Å². The summed E-state index contributed by atoms with van der Waals surface area (Å²) in [7, 11) is 0. The summed E-state index contributed by atoms with van der Waals surface area (Å²) < 4.78 is 5.69. The molecule has 0 radical (unpaired) electrons. The van der Waals surface area contributed by atoms with Crippen LogP contribution in [-0.4, -0.2) is 18.7 Å². The second-order valence-corrected chi connectivity index (χ2v) is 4.76. The first-order chi connectivity index (χ1) is 8.81. The van der Waals surface area contributed by atoms with E-state index < -0.39 is 0 Å². The van der Waals surface area contributed by atoms with Crippen LogP contribution in [0.5, 0.6) is 5.75 Å². The Morgan fingerprint density at radius 3 is 3.00 bits per heavy atom. The maximum atomic E-state index is 9.01. The molecule has 0 saturated heterocycles. The zero-order chi connectivity index (χ0) is 12.8. The zero-order valence-electron chi connectivity index (χ0n) is 10.9. The van der Waals surface area contributed by atoms with Gasteiger partial charge in [0, 0.05) is 12.5 Å². The minimum absolute atomic E-state index is 0.0770. The first kappa shape index (κ1) is 12.9. The molecule has 1 aliphatic carbocycles. The quantitative estimate of drug-likeness (QED) is 0.802. The number of rotatable bonds is 7. The number of benzene rings is 1. The number of hydrogen-bond acceptors (Lipinski definition) is 3. The lowest BCUT2D eigenvalue weighted by Gasteiger charge is -2.12. The largest absolute Gasteiger partial charge is 0.493 e. The lowest BCUT2D eigenvalue weighted by Crippen LogP contribution is -2.31. The summed E-state index contributed by atoms with van der Waals surface area (Å²) in [5.41, 5.74) is 1.28. The highest BCUT2D eigenvalue weighted by Gasteiger charge is 2.24. The predicted molar refractivity (Wildman–Crippen MR) is 71.5 cm³/mol. The fourth-order valence-electron chi connectivity index (χ4n) is 1.87. The van der Waals surface area contributed by atoms with Crippen LogP contribution in [0.2, 0.25) is 0 Å². The molecule has 1 atom stereocenters. The van der Waals surface area contributed by atoms with E-state index in [9.17, 15) is 0 Å². The minimum atomic E-state index is -0.0770. The molecule has 3 nitrogen and oxygen atoms in total. The first-order valence-corrected chi connectivity index (χ1v) is 6.69. The Hall–Kier alpha value is -1.53. The van der Waals surface area contributed by atoms with Gasteiger partial charge in [-0.15, -0.1) is 0 Å². The first-order valence-electron chi connectivity index (χ1n) is 6.69. The summed E-state index contributed by atoms with van der Waals surface area (Å²) in [5.74, 6) is 0.900. The molecule has 0 amide bonds. The van der Waals surface area contributed by atoms with Gasteiger partial charge < -0.3 is 4.74 Å². The Morgan fingerprint density at radius 2 is 2.33 bits per heavy atom. The van der Waals surface area contributed by atoms with Gasteiger partial charge in [-0.3, -0.25) is 5.32 Å². The summed E-state index contributed by atoms with van der Waals surface area (Å²) in [6.07, 6.45) is 4.17. The van der Waals surface area contributed by atoms with Crippen LogP contribution in [0.15, 0.2) is 24.3 Å². The van der Waals surface area contributed by atoms with E-state index in [1.165, 1.54) is 18.4 Å². The van der Waals surface area contributed by atoms with Crippen LogP contribution in [0, 0.1) is 11.3 Å². The third-order valence-electron chi connectivity index (χ3n) is 3.15. The zero-order valence-corrected chi connectivity index (χ0v) is 10.9. The molecule has 1 unspecified atom stereocenters. The molecular formula is C15H20N2O. The van der Waals surface area contributed by atoms with Crippen molar-refractivity contribution in [2.45, 2.75) is 44.7 Å². The molecule has 0 aliphatic heterocycles. The average Bonchev–Trinajstić information content (AvgIpc) is 3.22. The van der Waals surface area contributed by atoms with Gasteiger partial charge in [-0.05, 0) is 37.0 Å². The average molecular weight is 244 g/mol. The normalized spacial score (nSPS) is 16.0. The fraction of sp³-hybridized carbons (Fsp3) is 0.533. The van der Waals surface area contributed by atoms with E-state index in [0.717, 1.165) is 18.6 Å². The molecule has 0 aromatic heterocycles. The monoisotopic (exact) mass is 244 g/mol. The van der Waals surface area contributed by atoms with Crippen LogP contribution in [0.1, 0.15) is 31.7 Å². The van der Waals surface area contributed by atoms with Gasteiger partial charge in [-0.2, -0.15) is 5.26 Å². The molecule has 1 saturated carbocycles. The smallest absolute Gasteiger partial charge is 0.119 e. The highest BCUT2D eigenvalue weighted by molar-refractivity contribution is 5.28. The van der Waals surface area contributed by atoms with Crippen molar-refractivity contribution in [1.29, 1.82) is 5.26 Å². The van der Waals surface area contributed by atoms with Gasteiger partial charge in [-0.25, -0.2) is 0 Å². The number of nitrogens with one attached hydrogen (secondary N) is 1. The summed E-state index contributed by atoms with van der Waals surface area (Å²) >= 11 is 0. The van der Waals surface area contributed by atoms with Crippen LogP contribution in [0.3, 0.4) is 0 Å². The molecular weight excluding hydrogens is 224 g/mol. The van der Waals surface area contributed by atoms with E-state index >= 15 is 0 Å². The minimum Gasteiger partial charge on any atom is -0.493 e. The van der Waals surface area contributed by atoms with E-state index in [1.54, 1.807) is 0 Å². The van der Waals surface area contributed by atoms with E-state index in [2.05, 4.69) is 30.4 Å². The van der Waals surface area contributed by atoms with Crippen molar-refractivity contribution in [3.8, 4) is 11.8 Å². The molecule has 1 aromatic carbocycles. The van der Waals surface area contributed by atoms with Gasteiger partial charge in [0.25, 0.3) is 0 Å². The molecule has 0 bridgehead atoms. The molecule has 3 heteroatoms. The molecule has 0 spiro atoms. The summed E-state index contributed by atoms with van der Waals surface area (Å²) in [4.78, 5) is 0. The molecule has 96 valence electrons. The molecule has 1 fully saturated rings. The number of hydrogen-bond donors (Lipinski definition) is 1. The van der Waals surface area contributed by atoms with Crippen molar-refractivity contribution in [3.63, 3.8) is 0 Å². The maximum Gasteiger partial charge on any atom is 0.119 e. The third kappa shape index (κ3) is 4.05. The summed E-state index contributed by atoms with van der Waals surface area (Å²) in [5, 5.41) is 12.3. The van der Waals surface area contributed by atoms with Crippen molar-refractivity contribution < 1.29 is 4.74 Å². The lowest BCUT2D eigenvalue weighted by atomic mass is 10.2. The Labute approximate surface area is 109 Å². The predicted octanol–water partition coefficient (Wildman–Crippen LogP) is 2.66. The Kier molecular flexibility index (Phi) is 4.60. The van der Waals surface area contributed by atoms with Crippen LogP contribution in [-0.2, 0) is 6.42 Å². The van der Waals surface area contributed by atoms with E-state index in [1.807, 2.05) is 12.1 Å². The van der Waals surface area contributed by atoms with Gasteiger partial charge in [0.15, 0.2) is 0 Å². The highest BCUT2D eigenvalue weighted by atomic mass is 16.5. The second kappa shape index (κ2) is 6.42. The van der Waals surface area contributed by atoms with Crippen LogP contribution < -0.4 is 10.1 Å². The van der Waals surface area contributed by atoms with Crippen LogP contribution in [0.25, 0.3) is 0 Å². The Bertz CT molecular complexity index is 421. The lowest BCUT2D eigenvalue weighted by molar-refractivity contribution is 0.297. The van der Waals surface area contributed by atoms with Crippen LogP contribution in [0.4, 0.5) is 0 Å². The van der Waals surface area contributed by atoms with Crippen LogP contribution >= 0.6 is 0 Å². The topological polar surface area (TPSA) is 45.0 Å². The van der Waals surface area contributed by atoms with Gasteiger partial charge in [0.05, 0.1) is 18.7 Å². The van der Waals surface area contributed by atoms with Gasteiger partial charge in [0.2, 0.25) is 0 Å². The SMILES string of the molecule is CCc1cccc(OCCC(C#N)NC2CC2)c1. The molecule has 18 heavy (non-hydrogen) atoms. The Balaban J connectivity index is 1.74. The number of aryl methyl sites for hydroxylation is 1. The van der Waals surface area contributed by atoms with Gasteiger partial charge in [0.1, 0.15) is 5.75 Å². The number of ether oxygens (including phenoxy) is 1. The summed E-state index contributed by atoms with van der Waals surface area (Å²) in [6, 6.07) is 10.9. The standard InChI is InChI=1S/C15H20N2O/c1-2-12-4-3-5-15(10-12)18-9-8-14(11-16)17-13-6-7-13/h3-5,10,13-14,17H,2,6-9H2,1H3. The Morgan fingerprint density at radius 1 is 1.50 bits per heavy atom. The number of nitriles is 1. The molecule has 1 N–H and O–H groups in total. The van der Waals surface area contributed by atoms with Crippen molar-refractivity contribution in [1.82, 2.24) is 5.32 Å². The van der Waals surface area contributed by atoms with E-state index in [0.29, 0.717) is 12.6 Å². The van der Waals surface area contributed by atoms with E-state index in [4.69, 9.17) is 10.00 Å². The fourth-order valence-corrected chi connectivity index (χ4v) is 1.87. The molecule has 2 rings (SSSR count). The molecule has 1 aromatic rings. The summed E-state index contributed by atoms with van der Waals surface area (Å²) in [6.45, 7) is 2.72. The van der Waals surface area contributed by atoms with Crippen molar-refractivity contribution >= 4 is 0 Å². The second-order valence-electron chi connectivity index (χ2n) is 4.76. The third-order valence-corrected chi connectivity index (χ3v) is 3.15. The number of nitrogens with zero attached hydrogens (tertiary/aromatic N) is 1.